The molecule has 6 nitrogen and oxygen atoms in total. The van der Waals surface area contributed by atoms with Gasteiger partial charge in [-0.25, -0.2) is 0 Å². The fourth-order valence-electron chi connectivity index (χ4n) is 4.12. The Hall–Kier alpha value is -3.54. The van der Waals surface area contributed by atoms with Gasteiger partial charge in [-0.2, -0.15) is 0 Å². The van der Waals surface area contributed by atoms with E-state index in [-0.39, 0.29) is 0 Å². The van der Waals surface area contributed by atoms with Crippen LogP contribution in [-0.4, -0.2) is 19.9 Å². The van der Waals surface area contributed by atoms with Crippen molar-refractivity contribution in [1.29, 1.82) is 0 Å². The molecule has 6 heteroatoms. The Morgan fingerprint density at radius 3 is 1.59 bits per heavy atom. The summed E-state index contributed by atoms with van der Waals surface area (Å²) in [5, 5.41) is 11.0. The summed E-state index contributed by atoms with van der Waals surface area (Å²) in [4.78, 5) is 15.3. The average molecular weight is 429 g/mol. The molecule has 1 aliphatic carbocycles. The van der Waals surface area contributed by atoms with Gasteiger partial charge in [-0.1, -0.05) is 48.5 Å². The summed E-state index contributed by atoms with van der Waals surface area (Å²) in [5.74, 6) is 1.71. The predicted molar refractivity (Wildman–Crippen MR) is 126 cm³/mol. The van der Waals surface area contributed by atoms with Gasteiger partial charge in [0, 0.05) is 23.6 Å². The van der Waals surface area contributed by atoms with Crippen LogP contribution in [0, 0.1) is 0 Å². The highest BCUT2D eigenvalue weighted by Gasteiger charge is 2.14. The van der Waals surface area contributed by atoms with Crippen LogP contribution < -0.4 is 9.68 Å². The zero-order valence-corrected chi connectivity index (χ0v) is 18.6. The smallest absolute Gasteiger partial charge is 0.135 e. The van der Waals surface area contributed by atoms with Crippen molar-refractivity contribution >= 4 is 21.8 Å². The van der Waals surface area contributed by atoms with Crippen LogP contribution in [0.3, 0.4) is 0 Å². The Labute approximate surface area is 187 Å². The summed E-state index contributed by atoms with van der Waals surface area (Å²) in [6, 6.07) is 12.8. The first-order valence-electron chi connectivity index (χ1n) is 11.4. The number of aromatic nitrogens is 4. The Kier molecular flexibility index (Phi) is 5.67. The number of nitrogens with zero attached hydrogens (tertiary/aromatic N) is 4. The SMILES string of the molecule is CCCc1ccc2c(cnn2OC2=CC=C(On3ncc4cc(CCC)ccc43)CC2)c1. The lowest BCUT2D eigenvalue weighted by Crippen LogP contribution is -2.17. The first-order valence-corrected chi connectivity index (χ1v) is 11.4. The maximum atomic E-state index is 6.04. The van der Waals surface area contributed by atoms with Crippen LogP contribution in [0.25, 0.3) is 21.8 Å². The molecule has 164 valence electrons. The van der Waals surface area contributed by atoms with Gasteiger partial charge >= 0.3 is 0 Å². The molecule has 32 heavy (non-hydrogen) atoms. The van der Waals surface area contributed by atoms with Crippen LogP contribution in [0.4, 0.5) is 0 Å². The van der Waals surface area contributed by atoms with Gasteiger partial charge in [-0.05, 0) is 60.4 Å². The molecule has 0 amide bonds. The number of benzene rings is 2. The molecule has 0 atom stereocenters. The standard InChI is InChI=1S/C26H28N4O2/c1-3-5-19-7-13-25-21(15-19)17-27-29(25)31-23-9-11-24(12-10-23)32-30-26-14-8-20(6-4-2)16-22(26)18-28-30/h7-9,11,13-18H,3-6,10,12H2,1-2H3. The third-order valence-electron chi connectivity index (χ3n) is 5.76. The van der Waals surface area contributed by atoms with E-state index < -0.39 is 0 Å². The minimum atomic E-state index is 0.737. The number of rotatable bonds is 8. The molecular weight excluding hydrogens is 400 g/mol. The minimum Gasteiger partial charge on any atom is -0.362 e. The Morgan fingerprint density at radius 2 is 1.19 bits per heavy atom. The van der Waals surface area contributed by atoms with E-state index in [2.05, 4.69) is 60.4 Å². The van der Waals surface area contributed by atoms with Crippen LogP contribution >= 0.6 is 0 Å². The number of hydrogen-bond donors (Lipinski definition) is 0. The lowest BCUT2D eigenvalue weighted by molar-refractivity contribution is 0.129. The molecule has 0 bridgehead atoms. The first-order chi connectivity index (χ1) is 15.7. The van der Waals surface area contributed by atoms with E-state index in [1.54, 1.807) is 9.69 Å². The van der Waals surface area contributed by atoms with Gasteiger partial charge in [0.25, 0.3) is 0 Å². The summed E-state index contributed by atoms with van der Waals surface area (Å²) in [5.41, 5.74) is 4.60. The lowest BCUT2D eigenvalue weighted by atomic mass is 10.1. The molecule has 0 N–H and O–H groups in total. The maximum absolute atomic E-state index is 6.04. The average Bonchev–Trinajstić information content (AvgIpc) is 3.39. The Balaban J connectivity index is 1.29. The minimum absolute atomic E-state index is 0.737. The third kappa shape index (κ3) is 4.13. The molecule has 0 fully saturated rings. The van der Waals surface area contributed by atoms with Gasteiger partial charge in [0.1, 0.15) is 22.6 Å². The van der Waals surface area contributed by atoms with Crippen molar-refractivity contribution in [3.63, 3.8) is 0 Å². The zero-order valence-electron chi connectivity index (χ0n) is 18.6. The largest absolute Gasteiger partial charge is 0.362 e. The quantitative estimate of drug-likeness (QED) is 0.377. The third-order valence-corrected chi connectivity index (χ3v) is 5.76. The van der Waals surface area contributed by atoms with Crippen molar-refractivity contribution < 1.29 is 9.68 Å². The maximum Gasteiger partial charge on any atom is 0.135 e. The van der Waals surface area contributed by atoms with Crippen LogP contribution in [0.2, 0.25) is 0 Å². The molecule has 4 aromatic rings. The molecule has 2 heterocycles. The monoisotopic (exact) mass is 428 g/mol. The van der Waals surface area contributed by atoms with Crippen molar-refractivity contribution in [3.05, 3.63) is 83.6 Å². The van der Waals surface area contributed by atoms with Crippen LogP contribution in [0.15, 0.2) is 72.5 Å². The summed E-state index contributed by atoms with van der Waals surface area (Å²) in [6.45, 7) is 4.38. The topological polar surface area (TPSA) is 54.1 Å². The number of hydrogen-bond acceptors (Lipinski definition) is 4. The Bertz CT molecular complexity index is 1210. The number of fused-ring (bicyclic) bond motifs is 2. The van der Waals surface area contributed by atoms with E-state index in [1.165, 1.54) is 11.1 Å². The highest BCUT2D eigenvalue weighted by atomic mass is 16.7. The molecule has 5 rings (SSSR count). The lowest BCUT2D eigenvalue weighted by Gasteiger charge is -2.16. The first kappa shape index (κ1) is 20.4. The van der Waals surface area contributed by atoms with Gasteiger partial charge in [0.05, 0.1) is 12.4 Å². The van der Waals surface area contributed by atoms with Crippen molar-refractivity contribution in [3.8, 4) is 0 Å². The molecular formula is C26H28N4O2. The predicted octanol–water partition coefficient (Wildman–Crippen LogP) is 5.41. The molecule has 2 aromatic heterocycles. The summed E-state index contributed by atoms with van der Waals surface area (Å²) >= 11 is 0. The molecule has 1 aliphatic rings. The van der Waals surface area contributed by atoms with Crippen LogP contribution in [-0.2, 0) is 12.8 Å². The number of aryl methyl sites for hydroxylation is 2. The van der Waals surface area contributed by atoms with E-state index in [1.807, 2.05) is 24.5 Å². The molecule has 0 saturated heterocycles. The second-order valence-corrected chi connectivity index (χ2v) is 8.27. The van der Waals surface area contributed by atoms with Crippen LogP contribution in [0.5, 0.6) is 0 Å². The van der Waals surface area contributed by atoms with Gasteiger partial charge in [-0.15, -0.1) is 10.2 Å². The van der Waals surface area contributed by atoms with Gasteiger partial charge in [0.15, 0.2) is 0 Å². The molecule has 0 unspecified atom stereocenters. The normalized spacial score (nSPS) is 13.9. The number of allylic oxidation sites excluding steroid dienone is 4. The second kappa shape index (κ2) is 8.91. The van der Waals surface area contributed by atoms with Gasteiger partial charge in [-0.3, -0.25) is 0 Å². The van der Waals surface area contributed by atoms with E-state index >= 15 is 0 Å². The van der Waals surface area contributed by atoms with E-state index in [0.29, 0.717) is 0 Å². The van der Waals surface area contributed by atoms with Crippen molar-refractivity contribution in [2.45, 2.75) is 52.4 Å². The zero-order chi connectivity index (χ0) is 21.9. The van der Waals surface area contributed by atoms with Crippen LogP contribution in [0.1, 0.15) is 50.7 Å². The highest BCUT2D eigenvalue weighted by Crippen LogP contribution is 2.22. The second-order valence-electron chi connectivity index (χ2n) is 8.27. The summed E-state index contributed by atoms with van der Waals surface area (Å²) < 4.78 is 0. The fourth-order valence-corrected chi connectivity index (χ4v) is 4.12. The summed E-state index contributed by atoms with van der Waals surface area (Å²) in [7, 11) is 0. The van der Waals surface area contributed by atoms with Crippen molar-refractivity contribution in [2.24, 2.45) is 0 Å². The molecule has 2 aromatic carbocycles. The van der Waals surface area contributed by atoms with Crippen molar-refractivity contribution in [1.82, 2.24) is 19.9 Å². The van der Waals surface area contributed by atoms with E-state index in [9.17, 15) is 0 Å². The highest BCUT2D eigenvalue weighted by molar-refractivity contribution is 5.79. The van der Waals surface area contributed by atoms with E-state index in [4.69, 9.17) is 9.68 Å². The molecule has 0 aliphatic heterocycles. The van der Waals surface area contributed by atoms with Gasteiger partial charge in [0.2, 0.25) is 0 Å². The van der Waals surface area contributed by atoms with Gasteiger partial charge < -0.3 is 9.68 Å². The molecule has 0 spiro atoms. The molecule has 0 saturated carbocycles. The fraction of sp³-hybridized carbons (Fsp3) is 0.308. The molecule has 0 radical (unpaired) electrons. The summed E-state index contributed by atoms with van der Waals surface area (Å²) in [6.07, 6.45) is 13.5. The Morgan fingerprint density at radius 1 is 0.719 bits per heavy atom. The van der Waals surface area contributed by atoms with Crippen molar-refractivity contribution in [2.75, 3.05) is 0 Å². The van der Waals surface area contributed by atoms with E-state index in [0.717, 1.165) is 71.8 Å².